The molecule has 0 bridgehead atoms. The highest BCUT2D eigenvalue weighted by Gasteiger charge is 2.19. The van der Waals surface area contributed by atoms with Crippen LogP contribution in [0.15, 0.2) is 0 Å². The maximum absolute atomic E-state index is 9.15. The van der Waals surface area contributed by atoms with E-state index in [1.807, 2.05) is 0 Å². The number of ether oxygens (including phenoxy) is 1. The van der Waals surface area contributed by atoms with E-state index in [4.69, 9.17) is 10.00 Å². The van der Waals surface area contributed by atoms with E-state index in [9.17, 15) is 0 Å². The molecule has 0 saturated carbocycles. The second kappa shape index (κ2) is 8.55. The Balaban J connectivity index is 2.13. The molecular weight excluding hydrogens is 200 g/mol. The Kier molecular flexibility index (Phi) is 7.20. The minimum Gasteiger partial charge on any atom is -0.379 e. The number of morpholine rings is 1. The van der Waals surface area contributed by atoms with Gasteiger partial charge in [0.1, 0.15) is 0 Å². The number of rotatable bonds is 7. The van der Waals surface area contributed by atoms with Gasteiger partial charge in [-0.15, -0.1) is 0 Å². The van der Waals surface area contributed by atoms with Crippen LogP contribution in [0.2, 0.25) is 0 Å². The van der Waals surface area contributed by atoms with Gasteiger partial charge in [0, 0.05) is 13.1 Å². The van der Waals surface area contributed by atoms with E-state index in [-0.39, 0.29) is 6.04 Å². The first-order valence-electron chi connectivity index (χ1n) is 6.60. The zero-order valence-electron chi connectivity index (χ0n) is 10.5. The van der Waals surface area contributed by atoms with Crippen molar-refractivity contribution in [2.75, 3.05) is 26.3 Å². The smallest absolute Gasteiger partial charge is 0.0979 e. The Labute approximate surface area is 99.4 Å². The molecule has 1 unspecified atom stereocenters. The second-order valence-electron chi connectivity index (χ2n) is 4.50. The Hall–Kier alpha value is -0.590. The molecule has 1 fully saturated rings. The summed E-state index contributed by atoms with van der Waals surface area (Å²) in [6, 6.07) is 2.55. The fourth-order valence-corrected chi connectivity index (χ4v) is 2.16. The highest BCUT2D eigenvalue weighted by molar-refractivity contribution is 4.92. The van der Waals surface area contributed by atoms with Gasteiger partial charge in [-0.2, -0.15) is 5.26 Å². The van der Waals surface area contributed by atoms with Gasteiger partial charge in [0.25, 0.3) is 0 Å². The summed E-state index contributed by atoms with van der Waals surface area (Å²) < 4.78 is 5.30. The van der Waals surface area contributed by atoms with Crippen molar-refractivity contribution >= 4 is 0 Å². The van der Waals surface area contributed by atoms with Crippen LogP contribution in [0.4, 0.5) is 0 Å². The third-order valence-electron chi connectivity index (χ3n) is 3.22. The summed E-state index contributed by atoms with van der Waals surface area (Å²) >= 11 is 0. The minimum atomic E-state index is 0.116. The number of nitrogens with zero attached hydrogens (tertiary/aromatic N) is 2. The third kappa shape index (κ3) is 4.96. The molecule has 1 atom stereocenters. The number of nitriles is 1. The van der Waals surface area contributed by atoms with Crippen molar-refractivity contribution in [3.63, 3.8) is 0 Å². The molecule has 0 aromatic heterocycles. The molecule has 1 aliphatic heterocycles. The van der Waals surface area contributed by atoms with Gasteiger partial charge >= 0.3 is 0 Å². The number of hydrogen-bond donors (Lipinski definition) is 0. The second-order valence-corrected chi connectivity index (χ2v) is 4.50. The first-order chi connectivity index (χ1) is 7.88. The Morgan fingerprint density at radius 2 is 1.88 bits per heavy atom. The van der Waals surface area contributed by atoms with Gasteiger partial charge in [-0.3, -0.25) is 4.90 Å². The SMILES string of the molecule is CCCCCCCC(C#N)N1CCOCC1. The molecule has 0 aliphatic carbocycles. The van der Waals surface area contributed by atoms with Gasteiger partial charge in [0.15, 0.2) is 0 Å². The summed E-state index contributed by atoms with van der Waals surface area (Å²) in [6.45, 7) is 5.65. The first-order valence-corrected chi connectivity index (χ1v) is 6.60. The van der Waals surface area contributed by atoms with Crippen molar-refractivity contribution in [2.24, 2.45) is 0 Å². The largest absolute Gasteiger partial charge is 0.379 e. The molecule has 0 N–H and O–H groups in total. The van der Waals surface area contributed by atoms with Gasteiger partial charge < -0.3 is 4.74 Å². The number of hydrogen-bond acceptors (Lipinski definition) is 3. The molecule has 3 nitrogen and oxygen atoms in total. The molecular formula is C13H24N2O. The van der Waals surface area contributed by atoms with Crippen LogP contribution in [0.1, 0.15) is 45.4 Å². The van der Waals surface area contributed by atoms with Crippen molar-refractivity contribution in [3.05, 3.63) is 0 Å². The van der Waals surface area contributed by atoms with Gasteiger partial charge in [0.05, 0.1) is 25.3 Å². The molecule has 92 valence electrons. The summed E-state index contributed by atoms with van der Waals surface area (Å²) in [6.07, 6.45) is 7.42. The van der Waals surface area contributed by atoms with Crippen molar-refractivity contribution in [1.82, 2.24) is 4.90 Å². The maximum atomic E-state index is 9.15. The number of unbranched alkanes of at least 4 members (excludes halogenated alkanes) is 4. The zero-order valence-corrected chi connectivity index (χ0v) is 10.5. The molecule has 1 aliphatic rings. The van der Waals surface area contributed by atoms with E-state index in [2.05, 4.69) is 17.9 Å². The van der Waals surface area contributed by atoms with Crippen LogP contribution in [0.5, 0.6) is 0 Å². The lowest BCUT2D eigenvalue weighted by molar-refractivity contribution is 0.0251. The van der Waals surface area contributed by atoms with E-state index in [0.29, 0.717) is 0 Å². The highest BCUT2D eigenvalue weighted by atomic mass is 16.5. The fourth-order valence-electron chi connectivity index (χ4n) is 2.16. The molecule has 0 aromatic carbocycles. The molecule has 0 aromatic rings. The van der Waals surface area contributed by atoms with Gasteiger partial charge in [-0.25, -0.2) is 0 Å². The summed E-state index contributed by atoms with van der Waals surface area (Å²) in [5, 5.41) is 9.15. The lowest BCUT2D eigenvalue weighted by Crippen LogP contribution is -2.42. The maximum Gasteiger partial charge on any atom is 0.0979 e. The van der Waals surface area contributed by atoms with Crippen molar-refractivity contribution in [3.8, 4) is 6.07 Å². The van der Waals surface area contributed by atoms with Crippen LogP contribution >= 0.6 is 0 Å². The van der Waals surface area contributed by atoms with Crippen LogP contribution in [-0.4, -0.2) is 37.2 Å². The standard InChI is InChI=1S/C13H24N2O/c1-2-3-4-5-6-7-13(12-14)15-8-10-16-11-9-15/h13H,2-11H2,1H3. The molecule has 1 rings (SSSR count). The predicted octanol–water partition coefficient (Wildman–Crippen LogP) is 2.57. The third-order valence-corrected chi connectivity index (χ3v) is 3.22. The highest BCUT2D eigenvalue weighted by Crippen LogP contribution is 2.12. The molecule has 16 heavy (non-hydrogen) atoms. The molecule has 3 heteroatoms. The van der Waals surface area contributed by atoms with Crippen LogP contribution in [0.25, 0.3) is 0 Å². The van der Waals surface area contributed by atoms with Crippen LogP contribution in [-0.2, 0) is 4.74 Å². The first kappa shape index (κ1) is 13.5. The normalized spacial score (nSPS) is 19.2. The van der Waals surface area contributed by atoms with E-state index in [0.717, 1.165) is 32.7 Å². The quantitative estimate of drug-likeness (QED) is 0.624. The van der Waals surface area contributed by atoms with E-state index >= 15 is 0 Å². The molecule has 0 amide bonds. The average molecular weight is 224 g/mol. The van der Waals surface area contributed by atoms with Crippen molar-refractivity contribution in [1.29, 1.82) is 5.26 Å². The van der Waals surface area contributed by atoms with Crippen LogP contribution in [0.3, 0.4) is 0 Å². The Bertz CT molecular complexity index is 206. The van der Waals surface area contributed by atoms with Crippen LogP contribution < -0.4 is 0 Å². The van der Waals surface area contributed by atoms with E-state index in [1.165, 1.54) is 32.1 Å². The van der Waals surface area contributed by atoms with Gasteiger partial charge in [0.2, 0.25) is 0 Å². The average Bonchev–Trinajstić information content (AvgIpc) is 2.35. The zero-order chi connectivity index (χ0) is 11.6. The van der Waals surface area contributed by atoms with E-state index < -0.39 is 0 Å². The van der Waals surface area contributed by atoms with Crippen molar-refractivity contribution < 1.29 is 4.74 Å². The van der Waals surface area contributed by atoms with Crippen molar-refractivity contribution in [2.45, 2.75) is 51.5 Å². The van der Waals surface area contributed by atoms with Crippen LogP contribution in [0, 0.1) is 11.3 Å². The lowest BCUT2D eigenvalue weighted by atomic mass is 10.1. The Morgan fingerprint density at radius 3 is 2.50 bits per heavy atom. The lowest BCUT2D eigenvalue weighted by Gasteiger charge is -2.30. The summed E-state index contributed by atoms with van der Waals surface area (Å²) in [7, 11) is 0. The molecule has 1 saturated heterocycles. The molecule has 0 spiro atoms. The summed E-state index contributed by atoms with van der Waals surface area (Å²) in [5.41, 5.74) is 0. The van der Waals surface area contributed by atoms with Gasteiger partial charge in [-0.1, -0.05) is 39.0 Å². The predicted molar refractivity (Wildman–Crippen MR) is 65.2 cm³/mol. The Morgan fingerprint density at radius 1 is 1.19 bits per heavy atom. The van der Waals surface area contributed by atoms with Gasteiger partial charge in [-0.05, 0) is 6.42 Å². The fraction of sp³-hybridized carbons (Fsp3) is 0.923. The minimum absolute atomic E-state index is 0.116. The van der Waals surface area contributed by atoms with E-state index in [1.54, 1.807) is 0 Å². The molecule has 0 radical (unpaired) electrons. The molecule has 1 heterocycles. The topological polar surface area (TPSA) is 36.3 Å². The summed E-state index contributed by atoms with van der Waals surface area (Å²) in [4.78, 5) is 2.27. The monoisotopic (exact) mass is 224 g/mol. The summed E-state index contributed by atoms with van der Waals surface area (Å²) in [5.74, 6) is 0.